The maximum Gasteiger partial charge on any atom is 0.250 e. The summed E-state index contributed by atoms with van der Waals surface area (Å²) in [5.74, 6) is 0.354. The van der Waals surface area contributed by atoms with Gasteiger partial charge in [-0.3, -0.25) is 0 Å². The third kappa shape index (κ3) is 2.46. The predicted octanol–water partition coefficient (Wildman–Crippen LogP) is 2.20. The second-order valence-corrected chi connectivity index (χ2v) is 9.18. The van der Waals surface area contributed by atoms with Crippen LogP contribution in [-0.4, -0.2) is 20.1 Å². The Morgan fingerprint density at radius 2 is 1.89 bits per heavy atom. The van der Waals surface area contributed by atoms with Gasteiger partial charge in [0.05, 0.1) is 6.61 Å². The number of sulfonamides is 1. The summed E-state index contributed by atoms with van der Waals surface area (Å²) < 4.78 is 27.2. The number of hydrogen-bond acceptors (Lipinski definition) is 4. The van der Waals surface area contributed by atoms with Crippen LogP contribution in [0.15, 0.2) is 15.7 Å². The Morgan fingerprint density at radius 3 is 2.32 bits per heavy atom. The van der Waals surface area contributed by atoms with Gasteiger partial charge in [0.1, 0.15) is 4.21 Å². The normalized spacial score (nSPS) is 21.5. The molecule has 108 valence electrons. The maximum atomic E-state index is 12.1. The Morgan fingerprint density at radius 1 is 1.32 bits per heavy atom. The third-order valence-corrected chi connectivity index (χ3v) is 7.79. The second kappa shape index (κ2) is 4.55. The van der Waals surface area contributed by atoms with Crippen molar-refractivity contribution in [2.75, 3.05) is 6.54 Å². The molecule has 1 aliphatic rings. The van der Waals surface area contributed by atoms with Gasteiger partial charge in [-0.25, -0.2) is 13.1 Å². The number of nitrogens with one attached hydrogen (secondary N) is 1. The van der Waals surface area contributed by atoms with E-state index in [1.54, 1.807) is 5.38 Å². The Bertz CT molecular complexity index is 558. The van der Waals surface area contributed by atoms with Crippen LogP contribution >= 0.6 is 11.3 Å². The van der Waals surface area contributed by atoms with Gasteiger partial charge in [-0.15, -0.1) is 11.3 Å². The molecule has 2 N–H and O–H groups in total. The Labute approximate surface area is 118 Å². The molecule has 0 aliphatic heterocycles. The average Bonchev–Trinajstić information content (AvgIpc) is 2.72. The van der Waals surface area contributed by atoms with E-state index in [4.69, 9.17) is 5.11 Å². The highest BCUT2D eigenvalue weighted by Gasteiger charge is 2.64. The van der Waals surface area contributed by atoms with Crippen molar-refractivity contribution < 1.29 is 13.5 Å². The first-order valence-electron chi connectivity index (χ1n) is 6.31. The van der Waals surface area contributed by atoms with Crippen LogP contribution < -0.4 is 4.72 Å². The minimum absolute atomic E-state index is 0.130. The lowest BCUT2D eigenvalue weighted by molar-refractivity contribution is 0.282. The summed E-state index contributed by atoms with van der Waals surface area (Å²) in [6.45, 7) is 9.01. The molecule has 0 aromatic carbocycles. The molecule has 1 fully saturated rings. The van der Waals surface area contributed by atoms with Crippen molar-refractivity contribution in [1.82, 2.24) is 4.72 Å². The molecule has 4 nitrogen and oxygen atoms in total. The van der Waals surface area contributed by atoms with Gasteiger partial charge in [-0.05, 0) is 33.8 Å². The van der Waals surface area contributed by atoms with Gasteiger partial charge in [0.2, 0.25) is 10.0 Å². The molecule has 19 heavy (non-hydrogen) atoms. The molecule has 0 saturated heterocycles. The lowest BCUT2D eigenvalue weighted by atomic mass is 10.0. The lowest BCUT2D eigenvalue weighted by Crippen LogP contribution is -2.26. The van der Waals surface area contributed by atoms with Crippen LogP contribution in [0.1, 0.15) is 33.3 Å². The molecule has 1 aromatic rings. The summed E-state index contributed by atoms with van der Waals surface area (Å²) in [5.41, 5.74) is 0.972. The van der Waals surface area contributed by atoms with Crippen LogP contribution in [0.2, 0.25) is 0 Å². The van der Waals surface area contributed by atoms with Crippen LogP contribution in [0.25, 0.3) is 0 Å². The molecule has 0 amide bonds. The minimum Gasteiger partial charge on any atom is -0.392 e. The Balaban J connectivity index is 2.04. The fraction of sp³-hybridized carbons (Fsp3) is 0.692. The van der Waals surface area contributed by atoms with Gasteiger partial charge in [0.15, 0.2) is 0 Å². The lowest BCUT2D eigenvalue weighted by Gasteiger charge is -2.05. The standard InChI is InChI=1S/C13H21NO3S2/c1-12(2)10(13(12,3)4)6-14-19(16,17)11-5-9(7-15)8-18-11/h5,8,10,14-15H,6-7H2,1-4H3. The largest absolute Gasteiger partial charge is 0.392 e. The van der Waals surface area contributed by atoms with Crippen molar-refractivity contribution in [3.63, 3.8) is 0 Å². The van der Waals surface area contributed by atoms with Crippen LogP contribution in [0.5, 0.6) is 0 Å². The van der Waals surface area contributed by atoms with Crippen molar-refractivity contribution in [3.8, 4) is 0 Å². The zero-order chi connectivity index (χ0) is 14.5. The molecular weight excluding hydrogens is 282 g/mol. The number of hydrogen-bond donors (Lipinski definition) is 2. The van der Waals surface area contributed by atoms with Crippen LogP contribution in [0.3, 0.4) is 0 Å². The molecule has 6 heteroatoms. The van der Waals surface area contributed by atoms with Crippen molar-refractivity contribution in [1.29, 1.82) is 0 Å². The first-order valence-corrected chi connectivity index (χ1v) is 8.67. The van der Waals surface area contributed by atoms with Gasteiger partial charge in [-0.1, -0.05) is 27.7 Å². The summed E-state index contributed by atoms with van der Waals surface area (Å²) in [6, 6.07) is 1.52. The van der Waals surface area contributed by atoms with E-state index in [0.29, 0.717) is 18.0 Å². The van der Waals surface area contributed by atoms with Crippen LogP contribution in [-0.2, 0) is 16.6 Å². The number of aliphatic hydroxyl groups is 1. The highest BCUT2D eigenvalue weighted by molar-refractivity contribution is 7.91. The quantitative estimate of drug-likeness (QED) is 0.876. The topological polar surface area (TPSA) is 66.4 Å². The molecule has 0 unspecified atom stereocenters. The van der Waals surface area contributed by atoms with E-state index in [1.807, 2.05) is 0 Å². The number of aliphatic hydroxyl groups excluding tert-OH is 1. The highest BCUT2D eigenvalue weighted by atomic mass is 32.2. The monoisotopic (exact) mass is 303 g/mol. The van der Waals surface area contributed by atoms with Gasteiger partial charge in [0.25, 0.3) is 0 Å². The molecular formula is C13H21NO3S2. The second-order valence-electron chi connectivity index (χ2n) is 6.28. The summed E-state index contributed by atoms with van der Waals surface area (Å²) >= 11 is 1.14. The number of rotatable bonds is 5. The van der Waals surface area contributed by atoms with E-state index in [1.165, 1.54) is 6.07 Å². The number of thiophene rings is 1. The zero-order valence-electron chi connectivity index (χ0n) is 11.7. The third-order valence-electron chi connectivity index (χ3n) is 4.87. The maximum absolute atomic E-state index is 12.1. The zero-order valence-corrected chi connectivity index (χ0v) is 13.4. The van der Waals surface area contributed by atoms with Crippen LogP contribution in [0, 0.1) is 16.7 Å². The van der Waals surface area contributed by atoms with E-state index in [9.17, 15) is 8.42 Å². The summed E-state index contributed by atoms with van der Waals surface area (Å²) in [5, 5.41) is 10.6. The molecule has 0 spiro atoms. The minimum atomic E-state index is -3.45. The molecule has 1 saturated carbocycles. The fourth-order valence-electron chi connectivity index (χ4n) is 2.68. The van der Waals surface area contributed by atoms with Crippen molar-refractivity contribution in [3.05, 3.63) is 17.0 Å². The van der Waals surface area contributed by atoms with Crippen molar-refractivity contribution in [2.45, 2.75) is 38.5 Å². The summed E-state index contributed by atoms with van der Waals surface area (Å²) in [7, 11) is -3.45. The molecule has 1 heterocycles. The molecule has 0 radical (unpaired) electrons. The van der Waals surface area contributed by atoms with Crippen LogP contribution in [0.4, 0.5) is 0 Å². The first-order chi connectivity index (χ1) is 8.63. The average molecular weight is 303 g/mol. The molecule has 1 aromatic heterocycles. The van der Waals surface area contributed by atoms with E-state index < -0.39 is 10.0 Å². The molecule has 2 rings (SSSR count). The molecule has 0 bridgehead atoms. The van der Waals surface area contributed by atoms with E-state index in [0.717, 1.165) is 11.3 Å². The van der Waals surface area contributed by atoms with E-state index >= 15 is 0 Å². The Hall–Kier alpha value is -0.430. The van der Waals surface area contributed by atoms with Gasteiger partial charge >= 0.3 is 0 Å². The summed E-state index contributed by atoms with van der Waals surface area (Å²) in [4.78, 5) is 0. The predicted molar refractivity (Wildman–Crippen MR) is 76.5 cm³/mol. The molecule has 1 aliphatic carbocycles. The SMILES string of the molecule is CC1(C)C(CNS(=O)(=O)c2cc(CO)cs2)C1(C)C. The van der Waals surface area contributed by atoms with Crippen molar-refractivity contribution >= 4 is 21.4 Å². The Kier molecular flexibility index (Phi) is 3.58. The van der Waals surface area contributed by atoms with E-state index in [-0.39, 0.29) is 21.6 Å². The van der Waals surface area contributed by atoms with E-state index in [2.05, 4.69) is 32.4 Å². The smallest absolute Gasteiger partial charge is 0.250 e. The summed E-state index contributed by atoms with van der Waals surface area (Å²) in [6.07, 6.45) is 0. The van der Waals surface area contributed by atoms with Crippen molar-refractivity contribution in [2.24, 2.45) is 16.7 Å². The van der Waals surface area contributed by atoms with Gasteiger partial charge in [0, 0.05) is 6.54 Å². The van der Waals surface area contributed by atoms with Gasteiger partial charge < -0.3 is 5.11 Å². The van der Waals surface area contributed by atoms with Gasteiger partial charge in [-0.2, -0.15) is 0 Å². The highest BCUT2D eigenvalue weighted by Crippen LogP contribution is 2.67. The fourth-order valence-corrected chi connectivity index (χ4v) is 4.98. The molecule has 0 atom stereocenters. The first kappa shape index (κ1) is 15.0.